The lowest BCUT2D eigenvalue weighted by atomic mass is 10.0. The summed E-state index contributed by atoms with van der Waals surface area (Å²) in [5, 5.41) is 1.03. The first-order valence-corrected chi connectivity index (χ1v) is 14.2. The van der Waals surface area contributed by atoms with Crippen LogP contribution in [0, 0.1) is 0 Å². The molecule has 1 fully saturated rings. The molecule has 1 N–H and O–H groups in total. The van der Waals surface area contributed by atoms with Crippen molar-refractivity contribution in [2.45, 2.75) is 19.6 Å². The van der Waals surface area contributed by atoms with Crippen LogP contribution in [0.25, 0.3) is 32.2 Å². The van der Waals surface area contributed by atoms with Crippen molar-refractivity contribution in [3.8, 4) is 11.1 Å². The van der Waals surface area contributed by atoms with E-state index in [0.717, 1.165) is 44.9 Å². The van der Waals surface area contributed by atoms with Crippen molar-refractivity contribution in [3.05, 3.63) is 65.1 Å². The van der Waals surface area contributed by atoms with E-state index >= 15 is 0 Å². The highest BCUT2D eigenvalue weighted by Gasteiger charge is 2.34. The van der Waals surface area contributed by atoms with Crippen molar-refractivity contribution in [1.82, 2.24) is 19.9 Å². The Balaban J connectivity index is 1.34. The van der Waals surface area contributed by atoms with Crippen LogP contribution < -0.4 is 9.80 Å². The first-order valence-electron chi connectivity index (χ1n) is 13.4. The molecule has 5 aromatic rings. The summed E-state index contributed by atoms with van der Waals surface area (Å²) in [7, 11) is 1.88. The third kappa shape index (κ3) is 5.61. The van der Waals surface area contributed by atoms with Crippen molar-refractivity contribution in [2.24, 2.45) is 0 Å². The second-order valence-electron chi connectivity index (χ2n) is 9.89. The summed E-state index contributed by atoms with van der Waals surface area (Å²) in [4.78, 5) is 32.0. The second-order valence-corrected chi connectivity index (χ2v) is 11.0. The van der Waals surface area contributed by atoms with Gasteiger partial charge in [0.15, 0.2) is 0 Å². The van der Waals surface area contributed by atoms with Gasteiger partial charge in [-0.2, -0.15) is 13.2 Å². The molecule has 1 aliphatic rings. The van der Waals surface area contributed by atoms with Crippen molar-refractivity contribution in [3.63, 3.8) is 0 Å². The number of ether oxygens (including phenoxy) is 2. The van der Waals surface area contributed by atoms with Gasteiger partial charge in [0.2, 0.25) is 11.8 Å². The zero-order valence-electron chi connectivity index (χ0n) is 22.9. The van der Waals surface area contributed by atoms with E-state index in [2.05, 4.69) is 43.0 Å². The number of fused-ring (bicyclic) bond motifs is 2. The van der Waals surface area contributed by atoms with Crippen LogP contribution in [0.2, 0.25) is 0 Å². The number of carbonyl (C=O) groups excluding carboxylic acids is 1. The SMILES string of the molecule is CCOC(=O)c1cnc(N(C)Cc2cc3cc(-c4ccc5[nH]c(C(F)(F)F)nc5c4)cc(N4CCOCC4)c3s2)nc1. The molecule has 2 aromatic carbocycles. The van der Waals surface area contributed by atoms with Gasteiger partial charge in [0, 0.05) is 37.4 Å². The minimum absolute atomic E-state index is 0.259. The molecular formula is C29H27F3N6O3S. The lowest BCUT2D eigenvalue weighted by molar-refractivity contribution is -0.144. The predicted molar refractivity (Wildman–Crippen MR) is 155 cm³/mol. The average Bonchev–Trinajstić information content (AvgIpc) is 3.61. The van der Waals surface area contributed by atoms with E-state index in [9.17, 15) is 18.0 Å². The van der Waals surface area contributed by atoms with Crippen molar-refractivity contribution >= 4 is 50.1 Å². The number of imidazole rings is 1. The van der Waals surface area contributed by atoms with E-state index in [1.165, 1.54) is 12.4 Å². The van der Waals surface area contributed by atoms with Crippen LogP contribution in [0.3, 0.4) is 0 Å². The smallest absolute Gasteiger partial charge is 0.449 e. The van der Waals surface area contributed by atoms with Crippen LogP contribution in [0.5, 0.6) is 0 Å². The molecule has 6 rings (SSSR count). The average molecular weight is 597 g/mol. The number of anilines is 2. The number of hydrogen-bond donors (Lipinski definition) is 1. The molecule has 9 nitrogen and oxygen atoms in total. The normalized spacial score (nSPS) is 14.1. The number of aromatic amines is 1. The Morgan fingerprint density at radius 3 is 2.60 bits per heavy atom. The van der Waals surface area contributed by atoms with Gasteiger partial charge in [0.1, 0.15) is 0 Å². The van der Waals surface area contributed by atoms with E-state index in [1.807, 2.05) is 18.0 Å². The van der Waals surface area contributed by atoms with Crippen molar-refractivity contribution < 1.29 is 27.4 Å². The number of H-pyrrole nitrogens is 1. The summed E-state index contributed by atoms with van der Waals surface area (Å²) in [6, 6.07) is 11.4. The number of esters is 1. The standard InChI is InChI=1S/C29H27F3N6O3S/c1-3-41-26(39)20-14-33-28(34-15-20)37(2)16-21-11-19-10-18(13-24(25(19)42-21)38-6-8-40-9-7-38)17-4-5-22-23(12-17)36-27(35-22)29(30,31)32/h4-5,10-15H,3,6-9,16H2,1-2H3,(H,35,36). The molecule has 42 heavy (non-hydrogen) atoms. The summed E-state index contributed by atoms with van der Waals surface area (Å²) in [5.74, 6) is -1.000. The van der Waals surface area contributed by atoms with Gasteiger partial charge in [-0.1, -0.05) is 6.07 Å². The Hall–Kier alpha value is -4.23. The fraction of sp³-hybridized carbons (Fsp3) is 0.310. The number of thiophene rings is 1. The number of nitrogens with one attached hydrogen (secondary N) is 1. The Morgan fingerprint density at radius 2 is 1.88 bits per heavy atom. The van der Waals surface area contributed by atoms with Gasteiger partial charge in [-0.15, -0.1) is 11.3 Å². The topological polar surface area (TPSA) is 96.5 Å². The first-order chi connectivity index (χ1) is 20.2. The zero-order valence-corrected chi connectivity index (χ0v) is 23.7. The minimum atomic E-state index is -4.55. The highest BCUT2D eigenvalue weighted by Crippen LogP contribution is 2.40. The molecule has 13 heteroatoms. The molecule has 0 unspecified atom stereocenters. The van der Waals surface area contributed by atoms with Gasteiger partial charge in [-0.3, -0.25) is 0 Å². The molecule has 4 heterocycles. The number of alkyl halides is 3. The van der Waals surface area contributed by atoms with E-state index in [4.69, 9.17) is 9.47 Å². The predicted octanol–water partition coefficient (Wildman–Crippen LogP) is 5.90. The molecule has 0 saturated carbocycles. The van der Waals surface area contributed by atoms with Crippen LogP contribution in [-0.2, 0) is 22.2 Å². The molecule has 0 radical (unpaired) electrons. The van der Waals surface area contributed by atoms with Gasteiger partial charge >= 0.3 is 12.1 Å². The van der Waals surface area contributed by atoms with Gasteiger partial charge in [-0.25, -0.2) is 19.7 Å². The molecule has 0 amide bonds. The molecule has 1 saturated heterocycles. The Labute approximate surface area is 242 Å². The number of rotatable bonds is 7. The largest absolute Gasteiger partial charge is 0.462 e. The number of halogens is 3. The second kappa shape index (κ2) is 11.2. The van der Waals surface area contributed by atoms with Crippen LogP contribution in [0.15, 0.2) is 48.8 Å². The monoisotopic (exact) mass is 596 g/mol. The zero-order chi connectivity index (χ0) is 29.4. The molecular weight excluding hydrogens is 569 g/mol. The van der Waals surface area contributed by atoms with E-state index in [0.29, 0.717) is 36.8 Å². The van der Waals surface area contributed by atoms with Crippen LogP contribution in [0.4, 0.5) is 24.8 Å². The number of carbonyl (C=O) groups is 1. The highest BCUT2D eigenvalue weighted by atomic mass is 32.1. The van der Waals surface area contributed by atoms with E-state index in [1.54, 1.807) is 30.4 Å². The molecule has 1 aliphatic heterocycles. The summed E-state index contributed by atoms with van der Waals surface area (Å²) >= 11 is 1.67. The molecule has 0 aliphatic carbocycles. The number of morpholine rings is 1. The van der Waals surface area contributed by atoms with Crippen molar-refractivity contribution in [2.75, 3.05) is 49.8 Å². The fourth-order valence-electron chi connectivity index (χ4n) is 4.93. The summed E-state index contributed by atoms with van der Waals surface area (Å²) in [5.41, 5.74) is 3.60. The summed E-state index contributed by atoms with van der Waals surface area (Å²) in [6.45, 7) is 5.26. The van der Waals surface area contributed by atoms with Gasteiger partial charge < -0.3 is 24.3 Å². The third-order valence-corrected chi connectivity index (χ3v) is 8.13. The van der Waals surface area contributed by atoms with Crippen LogP contribution in [0.1, 0.15) is 28.0 Å². The molecule has 218 valence electrons. The Kier molecular flexibility index (Phi) is 7.45. The quantitative estimate of drug-likeness (QED) is 0.232. The lowest BCUT2D eigenvalue weighted by Gasteiger charge is -2.29. The molecule has 3 aromatic heterocycles. The maximum absolute atomic E-state index is 13.2. The van der Waals surface area contributed by atoms with Crippen molar-refractivity contribution in [1.29, 1.82) is 0 Å². The number of aromatic nitrogens is 4. The maximum atomic E-state index is 13.2. The van der Waals surface area contributed by atoms with Gasteiger partial charge in [-0.05, 0) is 53.8 Å². The summed E-state index contributed by atoms with van der Waals surface area (Å²) in [6.07, 6.45) is -1.63. The Morgan fingerprint density at radius 1 is 1.12 bits per heavy atom. The molecule has 0 spiro atoms. The highest BCUT2D eigenvalue weighted by molar-refractivity contribution is 7.19. The van der Waals surface area contributed by atoms with Gasteiger partial charge in [0.05, 0.1) is 53.3 Å². The third-order valence-electron chi connectivity index (χ3n) is 6.97. The first kappa shape index (κ1) is 27.9. The van der Waals surface area contributed by atoms with E-state index < -0.39 is 18.0 Å². The number of hydrogen-bond acceptors (Lipinski definition) is 9. The Bertz CT molecular complexity index is 1750. The molecule has 0 bridgehead atoms. The number of nitrogens with zero attached hydrogens (tertiary/aromatic N) is 5. The van der Waals surface area contributed by atoms with Crippen LogP contribution in [-0.4, -0.2) is 65.9 Å². The maximum Gasteiger partial charge on any atom is 0.449 e. The summed E-state index contributed by atoms with van der Waals surface area (Å²) < 4.78 is 51.4. The number of benzene rings is 2. The van der Waals surface area contributed by atoms with Gasteiger partial charge in [0.25, 0.3) is 0 Å². The lowest BCUT2D eigenvalue weighted by Crippen LogP contribution is -2.36. The van der Waals surface area contributed by atoms with Crippen LogP contribution >= 0.6 is 11.3 Å². The minimum Gasteiger partial charge on any atom is -0.462 e. The molecule has 0 atom stereocenters. The van der Waals surface area contributed by atoms with E-state index in [-0.39, 0.29) is 12.1 Å². The fourth-order valence-corrected chi connectivity index (χ4v) is 6.17.